The fourth-order valence-corrected chi connectivity index (χ4v) is 3.29. The highest BCUT2D eigenvalue weighted by Crippen LogP contribution is 2.28. The molecule has 6 heteroatoms. The van der Waals surface area contributed by atoms with E-state index in [9.17, 15) is 9.59 Å². The van der Waals surface area contributed by atoms with Gasteiger partial charge in [-0.2, -0.15) is 0 Å². The van der Waals surface area contributed by atoms with Crippen LogP contribution in [0, 0.1) is 5.92 Å². The van der Waals surface area contributed by atoms with Gasteiger partial charge in [-0.05, 0) is 54.1 Å². The van der Waals surface area contributed by atoms with E-state index in [1.807, 2.05) is 66.7 Å². The van der Waals surface area contributed by atoms with Gasteiger partial charge in [0.05, 0.1) is 5.92 Å². The molecule has 1 N–H and O–H groups in total. The van der Waals surface area contributed by atoms with Gasteiger partial charge in [0, 0.05) is 37.6 Å². The number of hydrogen-bond donors (Lipinski definition) is 1. The van der Waals surface area contributed by atoms with Gasteiger partial charge >= 0.3 is 0 Å². The Labute approximate surface area is 169 Å². The molecule has 4 rings (SSSR count). The normalized spacial score (nSPS) is 15.9. The van der Waals surface area contributed by atoms with Gasteiger partial charge in [-0.1, -0.05) is 18.2 Å². The molecule has 1 fully saturated rings. The van der Waals surface area contributed by atoms with Crippen molar-refractivity contribution in [3.05, 3.63) is 84.7 Å². The zero-order valence-corrected chi connectivity index (χ0v) is 15.8. The third-order valence-corrected chi connectivity index (χ3v) is 4.84. The summed E-state index contributed by atoms with van der Waals surface area (Å²) >= 11 is 0. The van der Waals surface area contributed by atoms with Crippen molar-refractivity contribution in [3.63, 3.8) is 0 Å². The summed E-state index contributed by atoms with van der Waals surface area (Å²) in [6.07, 6.45) is 3.59. The van der Waals surface area contributed by atoms with Crippen molar-refractivity contribution in [1.82, 2.24) is 10.3 Å². The summed E-state index contributed by atoms with van der Waals surface area (Å²) in [7, 11) is 0. The van der Waals surface area contributed by atoms with Gasteiger partial charge in [0.2, 0.25) is 11.8 Å². The molecule has 1 aliphatic heterocycles. The lowest BCUT2D eigenvalue weighted by Crippen LogP contribution is -2.32. The topological polar surface area (TPSA) is 71.5 Å². The van der Waals surface area contributed by atoms with Crippen molar-refractivity contribution in [2.75, 3.05) is 11.4 Å². The number of amides is 2. The Morgan fingerprint density at radius 2 is 1.69 bits per heavy atom. The van der Waals surface area contributed by atoms with E-state index in [2.05, 4.69) is 10.3 Å². The minimum atomic E-state index is -0.357. The standard InChI is InChI=1S/C23H21N3O3/c27-22-14-18(23(28)25-15-17-10-12-24-13-11-17)16-26(22)19-6-8-21(9-7-19)29-20-4-2-1-3-5-20/h1-13,18H,14-16H2,(H,25,28)/t18-/m1/s1. The zero-order chi connectivity index (χ0) is 20.1. The van der Waals surface area contributed by atoms with Crippen LogP contribution in [0.25, 0.3) is 0 Å². The summed E-state index contributed by atoms with van der Waals surface area (Å²) in [6.45, 7) is 0.803. The number of nitrogens with zero attached hydrogens (tertiary/aromatic N) is 2. The maximum atomic E-state index is 12.5. The fraction of sp³-hybridized carbons (Fsp3) is 0.174. The van der Waals surface area contributed by atoms with Crippen LogP contribution in [0.1, 0.15) is 12.0 Å². The molecule has 29 heavy (non-hydrogen) atoms. The predicted molar refractivity (Wildman–Crippen MR) is 110 cm³/mol. The third kappa shape index (κ3) is 4.60. The van der Waals surface area contributed by atoms with Crippen molar-refractivity contribution in [3.8, 4) is 11.5 Å². The zero-order valence-electron chi connectivity index (χ0n) is 15.8. The van der Waals surface area contributed by atoms with Crippen LogP contribution in [0.3, 0.4) is 0 Å². The highest BCUT2D eigenvalue weighted by molar-refractivity contribution is 6.00. The van der Waals surface area contributed by atoms with Crippen LogP contribution >= 0.6 is 0 Å². The molecule has 1 atom stereocenters. The highest BCUT2D eigenvalue weighted by atomic mass is 16.5. The van der Waals surface area contributed by atoms with Crippen molar-refractivity contribution in [2.45, 2.75) is 13.0 Å². The van der Waals surface area contributed by atoms with E-state index < -0.39 is 0 Å². The van der Waals surface area contributed by atoms with E-state index in [0.29, 0.717) is 18.8 Å². The van der Waals surface area contributed by atoms with E-state index >= 15 is 0 Å². The monoisotopic (exact) mass is 387 g/mol. The number of hydrogen-bond acceptors (Lipinski definition) is 4. The number of aromatic nitrogens is 1. The van der Waals surface area contributed by atoms with Crippen LogP contribution in [0.4, 0.5) is 5.69 Å². The Morgan fingerprint density at radius 1 is 1.00 bits per heavy atom. The number of para-hydroxylation sites is 1. The molecule has 0 aliphatic carbocycles. The first-order valence-electron chi connectivity index (χ1n) is 9.49. The van der Waals surface area contributed by atoms with Crippen LogP contribution in [0.5, 0.6) is 11.5 Å². The summed E-state index contributed by atoms with van der Waals surface area (Å²) in [4.78, 5) is 30.5. The molecule has 0 spiro atoms. The smallest absolute Gasteiger partial charge is 0.227 e. The van der Waals surface area contributed by atoms with Crippen LogP contribution in [-0.2, 0) is 16.1 Å². The van der Waals surface area contributed by atoms with Crippen LogP contribution in [0.15, 0.2) is 79.1 Å². The SMILES string of the molecule is O=C(NCc1ccncc1)[C@@H]1CC(=O)N(c2ccc(Oc3ccccc3)cc2)C1. The second kappa shape index (κ2) is 8.56. The minimum absolute atomic E-state index is 0.0502. The Bertz CT molecular complexity index is 975. The van der Waals surface area contributed by atoms with Gasteiger partial charge in [0.1, 0.15) is 11.5 Å². The molecule has 1 aromatic heterocycles. The lowest BCUT2D eigenvalue weighted by atomic mass is 10.1. The Hall–Kier alpha value is -3.67. The molecule has 0 saturated carbocycles. The Balaban J connectivity index is 1.35. The molecule has 2 amide bonds. The molecule has 2 heterocycles. The molecule has 0 radical (unpaired) electrons. The number of pyridine rings is 1. The maximum absolute atomic E-state index is 12.5. The lowest BCUT2D eigenvalue weighted by molar-refractivity contribution is -0.126. The first-order valence-corrected chi connectivity index (χ1v) is 9.49. The summed E-state index contributed by atoms with van der Waals surface area (Å²) in [6, 6.07) is 20.5. The molecule has 0 bridgehead atoms. The Morgan fingerprint density at radius 3 is 2.41 bits per heavy atom. The van der Waals surface area contributed by atoms with Gasteiger partial charge in [0.25, 0.3) is 0 Å². The van der Waals surface area contributed by atoms with Gasteiger partial charge in [-0.15, -0.1) is 0 Å². The molecule has 146 valence electrons. The van der Waals surface area contributed by atoms with Crippen LogP contribution in [0.2, 0.25) is 0 Å². The Kier molecular flexibility index (Phi) is 5.52. The number of nitrogens with one attached hydrogen (secondary N) is 1. The quantitative estimate of drug-likeness (QED) is 0.702. The average molecular weight is 387 g/mol. The van der Waals surface area contributed by atoms with E-state index in [0.717, 1.165) is 17.0 Å². The molecule has 0 unspecified atom stereocenters. The van der Waals surface area contributed by atoms with Gasteiger partial charge in [-0.25, -0.2) is 0 Å². The number of carbonyl (C=O) groups is 2. The largest absolute Gasteiger partial charge is 0.457 e. The molecule has 1 saturated heterocycles. The molecule has 6 nitrogen and oxygen atoms in total. The first-order chi connectivity index (χ1) is 14.2. The third-order valence-electron chi connectivity index (χ3n) is 4.84. The average Bonchev–Trinajstić information content (AvgIpc) is 3.16. The predicted octanol–water partition coefficient (Wildman–Crippen LogP) is 3.54. The van der Waals surface area contributed by atoms with E-state index in [4.69, 9.17) is 4.74 Å². The molecule has 1 aliphatic rings. The van der Waals surface area contributed by atoms with Gasteiger partial charge in [-0.3, -0.25) is 14.6 Å². The van der Waals surface area contributed by atoms with E-state index in [1.165, 1.54) is 0 Å². The fourth-order valence-electron chi connectivity index (χ4n) is 3.29. The van der Waals surface area contributed by atoms with Gasteiger partial charge in [0.15, 0.2) is 0 Å². The number of rotatable bonds is 6. The lowest BCUT2D eigenvalue weighted by Gasteiger charge is -2.17. The van der Waals surface area contributed by atoms with E-state index in [-0.39, 0.29) is 24.2 Å². The molecular formula is C23H21N3O3. The molecular weight excluding hydrogens is 366 g/mol. The summed E-state index contributed by atoms with van der Waals surface area (Å²) in [5.41, 5.74) is 1.74. The number of carbonyl (C=O) groups excluding carboxylic acids is 2. The summed E-state index contributed by atoms with van der Waals surface area (Å²) in [5.74, 6) is 0.929. The number of ether oxygens (including phenoxy) is 1. The molecule has 3 aromatic rings. The highest BCUT2D eigenvalue weighted by Gasteiger charge is 2.35. The van der Waals surface area contributed by atoms with Crippen LogP contribution in [-0.4, -0.2) is 23.3 Å². The maximum Gasteiger partial charge on any atom is 0.227 e. The second-order valence-corrected chi connectivity index (χ2v) is 6.89. The second-order valence-electron chi connectivity index (χ2n) is 6.89. The summed E-state index contributed by atoms with van der Waals surface area (Å²) < 4.78 is 5.78. The van der Waals surface area contributed by atoms with Crippen molar-refractivity contribution < 1.29 is 14.3 Å². The summed E-state index contributed by atoms with van der Waals surface area (Å²) in [5, 5.41) is 2.90. The number of anilines is 1. The minimum Gasteiger partial charge on any atom is -0.457 e. The molecule has 2 aromatic carbocycles. The van der Waals surface area contributed by atoms with Gasteiger partial charge < -0.3 is 15.0 Å². The number of benzene rings is 2. The van der Waals surface area contributed by atoms with Crippen molar-refractivity contribution in [2.24, 2.45) is 5.92 Å². The van der Waals surface area contributed by atoms with Crippen LogP contribution < -0.4 is 15.0 Å². The first kappa shape index (κ1) is 18.7. The van der Waals surface area contributed by atoms with E-state index in [1.54, 1.807) is 17.3 Å². The van der Waals surface area contributed by atoms with Crippen molar-refractivity contribution >= 4 is 17.5 Å². The van der Waals surface area contributed by atoms with Crippen molar-refractivity contribution in [1.29, 1.82) is 0 Å².